The molecule has 0 aliphatic heterocycles. The lowest BCUT2D eigenvalue weighted by Crippen LogP contribution is -2.33. The van der Waals surface area contributed by atoms with Gasteiger partial charge in [0.15, 0.2) is 0 Å². The van der Waals surface area contributed by atoms with Crippen LogP contribution in [0.25, 0.3) is 0 Å². The molecular weight excluding hydrogens is 277 g/mol. The summed E-state index contributed by atoms with van der Waals surface area (Å²) >= 11 is 3.17. The molecule has 0 atom stereocenters. The third-order valence-corrected chi connectivity index (χ3v) is 2.12. The second-order valence-corrected chi connectivity index (χ2v) is 5.19. The summed E-state index contributed by atoms with van der Waals surface area (Å²) in [6.45, 7) is 5.35. The van der Waals surface area contributed by atoms with E-state index >= 15 is 0 Å². The van der Waals surface area contributed by atoms with Crippen molar-refractivity contribution in [3.63, 3.8) is 0 Å². The van der Waals surface area contributed by atoms with Gasteiger partial charge in [-0.25, -0.2) is 9.87 Å². The summed E-state index contributed by atoms with van der Waals surface area (Å²) in [5.41, 5.74) is 1.63. The summed E-state index contributed by atoms with van der Waals surface area (Å²) in [5, 5.41) is 0. The van der Waals surface area contributed by atoms with E-state index in [0.717, 1.165) is 0 Å². The first-order valence-electron chi connectivity index (χ1n) is 4.73. The summed E-state index contributed by atoms with van der Waals surface area (Å²) in [6.07, 6.45) is 0. The van der Waals surface area contributed by atoms with Gasteiger partial charge in [-0.15, -0.1) is 0 Å². The van der Waals surface area contributed by atoms with Crippen molar-refractivity contribution in [2.75, 3.05) is 0 Å². The summed E-state index contributed by atoms with van der Waals surface area (Å²) < 4.78 is 13.9. The molecule has 1 aromatic rings. The number of benzene rings is 1. The lowest BCUT2D eigenvalue weighted by molar-refractivity contribution is -0.0591. The molecular formula is C11H13BrFNO2. The number of rotatable bonds is 2. The number of hydrogen-bond donors (Lipinski definition) is 1. The van der Waals surface area contributed by atoms with Gasteiger partial charge >= 0.3 is 0 Å². The van der Waals surface area contributed by atoms with Crippen molar-refractivity contribution in [3.8, 4) is 0 Å². The summed E-state index contributed by atoms with van der Waals surface area (Å²) in [6, 6.07) is 4.14. The molecule has 0 heterocycles. The van der Waals surface area contributed by atoms with Gasteiger partial charge in [0.25, 0.3) is 5.91 Å². The van der Waals surface area contributed by atoms with E-state index in [0.29, 0.717) is 4.47 Å². The molecule has 0 saturated heterocycles. The predicted octanol–water partition coefficient (Wildman–Crippen LogP) is 3.05. The highest BCUT2D eigenvalue weighted by Gasteiger charge is 2.16. The molecule has 1 amide bonds. The largest absolute Gasteiger partial charge is 0.277 e. The van der Waals surface area contributed by atoms with Crippen molar-refractivity contribution in [1.29, 1.82) is 0 Å². The van der Waals surface area contributed by atoms with Crippen molar-refractivity contribution >= 4 is 21.8 Å². The Bertz CT molecular complexity index is 401. The molecule has 0 unspecified atom stereocenters. The van der Waals surface area contributed by atoms with Crippen LogP contribution in [0, 0.1) is 5.82 Å². The molecule has 0 spiro atoms. The molecule has 0 aliphatic rings. The maximum Gasteiger partial charge on any atom is 0.277 e. The Hall–Kier alpha value is -0.940. The Morgan fingerprint density at radius 2 is 2.06 bits per heavy atom. The van der Waals surface area contributed by atoms with E-state index in [1.54, 1.807) is 20.8 Å². The zero-order valence-electron chi connectivity index (χ0n) is 9.30. The molecule has 88 valence electrons. The highest BCUT2D eigenvalue weighted by molar-refractivity contribution is 9.10. The van der Waals surface area contributed by atoms with Gasteiger partial charge in [0, 0.05) is 4.47 Å². The van der Waals surface area contributed by atoms with Gasteiger partial charge in [0.2, 0.25) is 0 Å². The van der Waals surface area contributed by atoms with Crippen LogP contribution in [0.1, 0.15) is 31.1 Å². The van der Waals surface area contributed by atoms with E-state index in [4.69, 9.17) is 4.84 Å². The molecule has 0 fully saturated rings. The van der Waals surface area contributed by atoms with Gasteiger partial charge in [-0.05, 0) is 39.0 Å². The minimum Gasteiger partial charge on any atom is -0.268 e. The van der Waals surface area contributed by atoms with Crippen molar-refractivity contribution in [2.45, 2.75) is 26.4 Å². The third-order valence-electron chi connectivity index (χ3n) is 1.62. The number of halogens is 2. The van der Waals surface area contributed by atoms with Crippen molar-refractivity contribution in [2.24, 2.45) is 0 Å². The molecule has 0 saturated carbocycles. The SMILES string of the molecule is CC(C)(C)ONC(=O)c1cc(Br)ccc1F. The maximum absolute atomic E-state index is 13.3. The zero-order chi connectivity index (χ0) is 12.3. The van der Waals surface area contributed by atoms with E-state index in [9.17, 15) is 9.18 Å². The molecule has 0 bridgehead atoms. The quantitative estimate of drug-likeness (QED) is 0.850. The highest BCUT2D eigenvalue weighted by Crippen LogP contribution is 2.15. The standard InChI is InChI=1S/C11H13BrFNO2/c1-11(2,3)16-14-10(15)8-6-7(12)4-5-9(8)13/h4-6H,1-3H3,(H,14,15). The molecule has 16 heavy (non-hydrogen) atoms. The van der Waals surface area contributed by atoms with Crippen LogP contribution in [-0.2, 0) is 4.84 Å². The first-order chi connectivity index (χ1) is 7.29. The minimum absolute atomic E-state index is 0.0568. The van der Waals surface area contributed by atoms with Crippen molar-refractivity contribution in [3.05, 3.63) is 34.1 Å². The summed E-state index contributed by atoms with van der Waals surface area (Å²) in [4.78, 5) is 16.6. The van der Waals surface area contributed by atoms with Gasteiger partial charge in [0.05, 0.1) is 11.2 Å². The van der Waals surface area contributed by atoms with Gasteiger partial charge in [0.1, 0.15) is 5.82 Å². The molecule has 1 N–H and O–H groups in total. The average molecular weight is 290 g/mol. The zero-order valence-corrected chi connectivity index (χ0v) is 10.9. The molecule has 1 rings (SSSR count). The first-order valence-corrected chi connectivity index (χ1v) is 5.52. The number of carbonyl (C=O) groups is 1. The van der Waals surface area contributed by atoms with Crippen LogP contribution in [0.5, 0.6) is 0 Å². The molecule has 3 nitrogen and oxygen atoms in total. The molecule has 5 heteroatoms. The smallest absolute Gasteiger partial charge is 0.268 e. The summed E-state index contributed by atoms with van der Waals surface area (Å²) in [5.74, 6) is -1.19. The molecule has 0 aliphatic carbocycles. The second kappa shape index (κ2) is 4.93. The fraction of sp³-hybridized carbons (Fsp3) is 0.364. The fourth-order valence-corrected chi connectivity index (χ4v) is 1.29. The molecule has 0 aromatic heterocycles. The highest BCUT2D eigenvalue weighted by atomic mass is 79.9. The Balaban J connectivity index is 2.77. The van der Waals surface area contributed by atoms with Crippen LogP contribution >= 0.6 is 15.9 Å². The van der Waals surface area contributed by atoms with Crippen LogP contribution in [0.15, 0.2) is 22.7 Å². The normalized spacial score (nSPS) is 11.3. The van der Waals surface area contributed by atoms with E-state index in [2.05, 4.69) is 21.4 Å². The van der Waals surface area contributed by atoms with Crippen LogP contribution in [0.2, 0.25) is 0 Å². The number of nitrogens with one attached hydrogen (secondary N) is 1. The van der Waals surface area contributed by atoms with E-state index < -0.39 is 17.3 Å². The topological polar surface area (TPSA) is 38.3 Å². The van der Waals surface area contributed by atoms with Crippen LogP contribution in [0.4, 0.5) is 4.39 Å². The lowest BCUT2D eigenvalue weighted by Gasteiger charge is -2.19. The molecule has 0 radical (unpaired) electrons. The first kappa shape index (κ1) is 13.1. The number of hydroxylamine groups is 1. The Morgan fingerprint density at radius 3 is 2.62 bits per heavy atom. The van der Waals surface area contributed by atoms with Gasteiger partial charge < -0.3 is 0 Å². The monoisotopic (exact) mass is 289 g/mol. The van der Waals surface area contributed by atoms with E-state index in [1.165, 1.54) is 18.2 Å². The van der Waals surface area contributed by atoms with Crippen LogP contribution in [0.3, 0.4) is 0 Å². The number of carbonyl (C=O) groups excluding carboxylic acids is 1. The van der Waals surface area contributed by atoms with Crippen LogP contribution < -0.4 is 5.48 Å². The van der Waals surface area contributed by atoms with Crippen molar-refractivity contribution < 1.29 is 14.0 Å². The number of amides is 1. The molecule has 1 aromatic carbocycles. The van der Waals surface area contributed by atoms with E-state index in [-0.39, 0.29) is 5.56 Å². The minimum atomic E-state index is -0.603. The second-order valence-electron chi connectivity index (χ2n) is 4.27. The van der Waals surface area contributed by atoms with Gasteiger partial charge in [-0.2, -0.15) is 0 Å². The Kier molecular flexibility index (Phi) is 4.04. The third kappa shape index (κ3) is 3.90. The predicted molar refractivity (Wildman–Crippen MR) is 62.4 cm³/mol. The number of hydrogen-bond acceptors (Lipinski definition) is 2. The lowest BCUT2D eigenvalue weighted by atomic mass is 10.2. The summed E-state index contributed by atoms with van der Waals surface area (Å²) in [7, 11) is 0. The van der Waals surface area contributed by atoms with Gasteiger partial charge in [-0.1, -0.05) is 15.9 Å². The average Bonchev–Trinajstić information content (AvgIpc) is 2.17. The maximum atomic E-state index is 13.3. The van der Waals surface area contributed by atoms with Crippen molar-refractivity contribution in [1.82, 2.24) is 5.48 Å². The van der Waals surface area contributed by atoms with E-state index in [1.807, 2.05) is 0 Å². The Labute approximate surface area is 102 Å². The van der Waals surface area contributed by atoms with Gasteiger partial charge in [-0.3, -0.25) is 9.63 Å². The fourth-order valence-electron chi connectivity index (χ4n) is 0.926. The van der Waals surface area contributed by atoms with Crippen LogP contribution in [-0.4, -0.2) is 11.5 Å². The Morgan fingerprint density at radius 1 is 1.44 bits per heavy atom.